The molecule has 1 aromatic heterocycles. The smallest absolute Gasteiger partial charge is 0.327 e. The van der Waals surface area contributed by atoms with Crippen molar-refractivity contribution in [2.75, 3.05) is 29.9 Å². The van der Waals surface area contributed by atoms with Gasteiger partial charge in [-0.15, -0.1) is 0 Å². The summed E-state index contributed by atoms with van der Waals surface area (Å²) in [5, 5.41) is 0. The van der Waals surface area contributed by atoms with Gasteiger partial charge in [-0.3, -0.25) is 4.79 Å². The van der Waals surface area contributed by atoms with Crippen molar-refractivity contribution in [3.63, 3.8) is 0 Å². The van der Waals surface area contributed by atoms with E-state index in [4.69, 9.17) is 0 Å². The Morgan fingerprint density at radius 1 is 1.33 bits per heavy atom. The second-order valence-corrected chi connectivity index (χ2v) is 6.81. The molecule has 27 heavy (non-hydrogen) atoms. The van der Waals surface area contributed by atoms with Crippen LogP contribution < -0.4 is 9.80 Å². The Balaban J connectivity index is 1.68. The van der Waals surface area contributed by atoms with Crippen LogP contribution >= 0.6 is 0 Å². The molecule has 1 fully saturated rings. The molecule has 0 saturated carbocycles. The summed E-state index contributed by atoms with van der Waals surface area (Å²) in [4.78, 5) is 38.4. The molecule has 0 bridgehead atoms. The molecule has 0 radical (unpaired) electrons. The van der Waals surface area contributed by atoms with E-state index in [0.717, 1.165) is 24.7 Å². The zero-order valence-electron chi connectivity index (χ0n) is 15.0. The first-order valence-electron chi connectivity index (χ1n) is 8.95. The van der Waals surface area contributed by atoms with Crippen LogP contribution in [0, 0.1) is 5.82 Å². The van der Waals surface area contributed by atoms with E-state index >= 15 is 0 Å². The number of nitrogens with zero attached hydrogens (tertiary/aromatic N) is 5. The molecule has 2 aromatic rings. The Hall–Kier alpha value is -3.03. The molecule has 1 unspecified atom stereocenters. The molecule has 1 saturated heterocycles. The number of anilines is 2. The van der Waals surface area contributed by atoms with Crippen LogP contribution in [-0.2, 0) is 11.2 Å². The normalized spacial score (nSPS) is 18.7. The monoisotopic (exact) mass is 369 g/mol. The van der Waals surface area contributed by atoms with E-state index in [0.29, 0.717) is 36.8 Å². The van der Waals surface area contributed by atoms with Gasteiger partial charge in [0.1, 0.15) is 17.3 Å². The Labute approximate surface area is 156 Å². The number of hydrogen-bond acceptors (Lipinski definition) is 5. The summed E-state index contributed by atoms with van der Waals surface area (Å²) >= 11 is 0. The van der Waals surface area contributed by atoms with Crippen LogP contribution in [0.25, 0.3) is 0 Å². The number of likely N-dealkylation sites (tertiary alicyclic amines) is 1. The molecular weight excluding hydrogens is 349 g/mol. The molecule has 0 aliphatic carbocycles. The summed E-state index contributed by atoms with van der Waals surface area (Å²) in [6.45, 7) is 1.36. The van der Waals surface area contributed by atoms with Gasteiger partial charge in [0.15, 0.2) is 18.3 Å². The van der Waals surface area contributed by atoms with Gasteiger partial charge in [0, 0.05) is 26.6 Å². The lowest BCUT2D eigenvalue weighted by Crippen LogP contribution is -2.51. The van der Waals surface area contributed by atoms with E-state index in [-0.39, 0.29) is 11.8 Å². The fraction of sp³-hybridized carbons (Fsp3) is 0.368. The second-order valence-electron chi connectivity index (χ2n) is 6.81. The maximum Gasteiger partial charge on any atom is 0.327 e. The number of aldehydes is 1. The van der Waals surface area contributed by atoms with Gasteiger partial charge in [0.25, 0.3) is 0 Å². The van der Waals surface area contributed by atoms with Crippen molar-refractivity contribution in [1.29, 1.82) is 0 Å². The molecule has 0 N–H and O–H groups in total. The van der Waals surface area contributed by atoms with Gasteiger partial charge in [-0.25, -0.2) is 24.1 Å². The number of amides is 2. The lowest BCUT2D eigenvalue weighted by atomic mass is 10.1. The highest BCUT2D eigenvalue weighted by molar-refractivity contribution is 6.02. The van der Waals surface area contributed by atoms with Gasteiger partial charge >= 0.3 is 6.03 Å². The zero-order chi connectivity index (χ0) is 19.0. The van der Waals surface area contributed by atoms with E-state index in [2.05, 4.69) is 9.97 Å². The molecule has 140 valence electrons. The molecule has 1 atom stereocenters. The number of rotatable bonds is 3. The molecule has 4 rings (SSSR count). The summed E-state index contributed by atoms with van der Waals surface area (Å²) in [6.07, 6.45) is 3.87. The number of carbonyl (C=O) groups excluding carboxylic acids is 2. The third kappa shape index (κ3) is 3.11. The van der Waals surface area contributed by atoms with E-state index in [1.807, 2.05) is 0 Å². The number of hydrogen-bond donors (Lipinski definition) is 0. The Bertz CT molecular complexity index is 884. The maximum absolute atomic E-state index is 13.4. The number of aromatic nitrogens is 2. The van der Waals surface area contributed by atoms with Crippen molar-refractivity contribution in [1.82, 2.24) is 14.9 Å². The van der Waals surface area contributed by atoms with Crippen molar-refractivity contribution in [2.45, 2.75) is 25.4 Å². The van der Waals surface area contributed by atoms with E-state index in [9.17, 15) is 14.0 Å². The van der Waals surface area contributed by atoms with Crippen molar-refractivity contribution in [3.8, 4) is 0 Å². The highest BCUT2D eigenvalue weighted by Gasteiger charge is 2.41. The van der Waals surface area contributed by atoms with E-state index < -0.39 is 6.17 Å². The zero-order valence-corrected chi connectivity index (χ0v) is 15.0. The molecule has 7 nitrogen and oxygen atoms in total. The minimum atomic E-state index is -0.744. The lowest BCUT2D eigenvalue weighted by molar-refractivity contribution is -0.108. The standard InChI is InChI=1S/C19H20FN5O2/c1-23-15-11-21-16(10-13-5-4-6-14(20)9-13)22-18(15)25(17(23)12-26)19(27)24-7-2-3-8-24/h4-6,9,11-12,17H,2-3,7-8,10H2,1H3. The molecule has 2 amide bonds. The fourth-order valence-electron chi connectivity index (χ4n) is 3.60. The first-order chi connectivity index (χ1) is 13.1. The van der Waals surface area contributed by atoms with Gasteiger partial charge in [-0.1, -0.05) is 12.1 Å². The van der Waals surface area contributed by atoms with Crippen LogP contribution in [0.1, 0.15) is 24.2 Å². The quantitative estimate of drug-likeness (QED) is 0.776. The van der Waals surface area contributed by atoms with Crippen molar-refractivity contribution in [3.05, 3.63) is 47.7 Å². The SMILES string of the molecule is CN1c2cnc(Cc3cccc(F)c3)nc2N(C(=O)N2CCCC2)C1C=O. The predicted molar refractivity (Wildman–Crippen MR) is 98.2 cm³/mol. The second kappa shape index (κ2) is 6.94. The summed E-state index contributed by atoms with van der Waals surface area (Å²) in [5.74, 6) is 0.576. The molecule has 2 aliphatic rings. The Kier molecular flexibility index (Phi) is 4.47. The van der Waals surface area contributed by atoms with E-state index in [1.54, 1.807) is 35.2 Å². The number of likely N-dealkylation sites (N-methyl/N-ethyl adjacent to an activating group) is 1. The third-order valence-corrected chi connectivity index (χ3v) is 5.03. The van der Waals surface area contributed by atoms with Crippen LogP contribution in [-0.4, -0.2) is 53.5 Å². The Morgan fingerprint density at radius 2 is 2.11 bits per heavy atom. The summed E-state index contributed by atoms with van der Waals surface area (Å²) in [5.41, 5.74) is 1.37. The molecule has 8 heteroatoms. The van der Waals surface area contributed by atoms with Crippen molar-refractivity contribution < 1.29 is 14.0 Å². The average Bonchev–Trinajstić information content (AvgIpc) is 3.28. The lowest BCUT2D eigenvalue weighted by Gasteiger charge is -2.28. The van der Waals surface area contributed by atoms with Gasteiger partial charge in [0.05, 0.1) is 6.20 Å². The number of benzene rings is 1. The minimum Gasteiger partial charge on any atom is -0.344 e. The van der Waals surface area contributed by atoms with E-state index in [1.165, 1.54) is 17.0 Å². The van der Waals surface area contributed by atoms with Gasteiger partial charge < -0.3 is 9.80 Å². The maximum atomic E-state index is 13.4. The molecular formula is C19H20FN5O2. The number of halogens is 1. The topological polar surface area (TPSA) is 69.6 Å². The largest absolute Gasteiger partial charge is 0.344 e. The highest BCUT2D eigenvalue weighted by atomic mass is 19.1. The summed E-state index contributed by atoms with van der Waals surface area (Å²) in [7, 11) is 1.74. The third-order valence-electron chi connectivity index (χ3n) is 5.03. The van der Waals surface area contributed by atoms with Crippen molar-refractivity contribution >= 4 is 23.8 Å². The Morgan fingerprint density at radius 3 is 2.81 bits per heavy atom. The first kappa shape index (κ1) is 17.4. The van der Waals surface area contributed by atoms with Gasteiger partial charge in [0.2, 0.25) is 0 Å². The molecule has 0 spiro atoms. The molecule has 1 aromatic carbocycles. The van der Waals surface area contributed by atoms with Crippen LogP contribution in [0.15, 0.2) is 30.5 Å². The van der Waals surface area contributed by atoms with Crippen LogP contribution in [0.4, 0.5) is 20.7 Å². The fourth-order valence-corrected chi connectivity index (χ4v) is 3.60. The minimum absolute atomic E-state index is 0.217. The molecule has 3 heterocycles. The number of fused-ring (bicyclic) bond motifs is 1. The number of carbonyl (C=O) groups is 2. The number of urea groups is 1. The predicted octanol–water partition coefficient (Wildman–Crippen LogP) is 2.20. The van der Waals surface area contributed by atoms with Crippen LogP contribution in [0.5, 0.6) is 0 Å². The highest BCUT2D eigenvalue weighted by Crippen LogP contribution is 2.37. The summed E-state index contributed by atoms with van der Waals surface area (Å²) < 4.78 is 13.4. The average molecular weight is 369 g/mol. The summed E-state index contributed by atoms with van der Waals surface area (Å²) in [6, 6.07) is 6.03. The van der Waals surface area contributed by atoms with Gasteiger partial charge in [-0.05, 0) is 30.5 Å². The van der Waals surface area contributed by atoms with Crippen LogP contribution in [0.2, 0.25) is 0 Å². The van der Waals surface area contributed by atoms with Crippen molar-refractivity contribution in [2.24, 2.45) is 0 Å². The molecule has 2 aliphatic heterocycles. The first-order valence-corrected chi connectivity index (χ1v) is 8.95. The van der Waals surface area contributed by atoms with Crippen LogP contribution in [0.3, 0.4) is 0 Å². The van der Waals surface area contributed by atoms with Gasteiger partial charge in [-0.2, -0.15) is 0 Å².